The summed E-state index contributed by atoms with van der Waals surface area (Å²) < 4.78 is 5.11. The molecule has 0 fully saturated rings. The van der Waals surface area contributed by atoms with E-state index in [2.05, 4.69) is 9.97 Å². The van der Waals surface area contributed by atoms with Crippen LogP contribution in [0.1, 0.15) is 41.5 Å². The topological polar surface area (TPSA) is 119 Å². The number of ether oxygens (including phenoxy) is 1. The second kappa shape index (κ2) is 12.1. The first kappa shape index (κ1) is 24.4. The average Bonchev–Trinajstić information content (AvgIpc) is 2.77. The van der Waals surface area contributed by atoms with E-state index < -0.39 is 0 Å². The Morgan fingerprint density at radius 1 is 1.29 bits per heavy atom. The highest BCUT2D eigenvalue weighted by atomic mass is 32.2. The van der Waals surface area contributed by atoms with Crippen LogP contribution in [0.5, 0.6) is 5.75 Å². The van der Waals surface area contributed by atoms with Gasteiger partial charge < -0.3 is 20.5 Å². The van der Waals surface area contributed by atoms with E-state index in [1.54, 1.807) is 44.5 Å². The molecule has 0 radical (unpaired) electrons. The molecule has 0 saturated carbocycles. The molecule has 1 amide bonds. The molecule has 0 aliphatic rings. The zero-order valence-corrected chi connectivity index (χ0v) is 18.8. The van der Waals surface area contributed by atoms with Crippen molar-refractivity contribution in [3.8, 4) is 5.75 Å². The molecule has 0 spiro atoms. The highest BCUT2D eigenvalue weighted by molar-refractivity contribution is 8.03. The van der Waals surface area contributed by atoms with Crippen LogP contribution in [0, 0.1) is 6.92 Å². The van der Waals surface area contributed by atoms with Crippen molar-refractivity contribution in [3.05, 3.63) is 58.0 Å². The maximum atomic E-state index is 12.4. The van der Waals surface area contributed by atoms with E-state index in [1.807, 2.05) is 6.92 Å². The number of nitrogen functional groups attached to an aromatic ring is 1. The van der Waals surface area contributed by atoms with E-state index in [0.717, 1.165) is 11.3 Å². The standard InChI is InChI=1S/C22H28N4O4S/c1-15(26(14-28)13-18-12-24-16(2)25-22(18)23)21(8-10-27)31-11-9-20(29)17-4-6-19(30-3)7-5-17/h4-7,12,14,27H,8-11,13H2,1-3H3,(H2,23,24,25)/b21-15-. The number of aromatic nitrogens is 2. The van der Waals surface area contributed by atoms with E-state index >= 15 is 0 Å². The fraction of sp³-hybridized carbons (Fsp3) is 0.364. The van der Waals surface area contributed by atoms with Gasteiger partial charge in [-0.15, -0.1) is 11.8 Å². The predicted octanol–water partition coefficient (Wildman–Crippen LogP) is 2.95. The molecular formula is C22H28N4O4S. The fourth-order valence-corrected chi connectivity index (χ4v) is 3.96. The van der Waals surface area contributed by atoms with Crippen molar-refractivity contribution in [3.63, 3.8) is 0 Å². The zero-order valence-electron chi connectivity index (χ0n) is 18.0. The second-order valence-electron chi connectivity index (χ2n) is 6.79. The largest absolute Gasteiger partial charge is 0.497 e. The van der Waals surface area contributed by atoms with Crippen molar-refractivity contribution in [2.75, 3.05) is 25.2 Å². The summed E-state index contributed by atoms with van der Waals surface area (Å²) in [5, 5.41) is 9.47. The van der Waals surface area contributed by atoms with Gasteiger partial charge in [0.25, 0.3) is 0 Å². The van der Waals surface area contributed by atoms with Crippen LogP contribution in [0.25, 0.3) is 0 Å². The molecule has 1 aromatic carbocycles. The second-order valence-corrected chi connectivity index (χ2v) is 7.98. The molecule has 8 nitrogen and oxygen atoms in total. The van der Waals surface area contributed by atoms with Crippen LogP contribution in [-0.4, -0.2) is 51.6 Å². The third-order valence-corrected chi connectivity index (χ3v) is 5.93. The lowest BCUT2D eigenvalue weighted by Crippen LogP contribution is -2.22. The number of allylic oxidation sites excluding steroid dienone is 1. The number of nitrogens with two attached hydrogens (primary N) is 1. The molecule has 1 heterocycles. The van der Waals surface area contributed by atoms with Crippen LogP contribution in [0.4, 0.5) is 5.82 Å². The molecule has 166 valence electrons. The number of nitrogens with zero attached hydrogens (tertiary/aromatic N) is 3. The summed E-state index contributed by atoms with van der Waals surface area (Å²) in [5.74, 6) is 2.13. The number of carbonyl (C=O) groups is 2. The number of aryl methyl sites for hydroxylation is 1. The number of benzene rings is 1. The SMILES string of the molecule is COc1ccc(C(=O)CCS/C(CCO)=C(/C)N(C=O)Cc2cnc(C)nc2N)cc1. The minimum absolute atomic E-state index is 0.0213. The minimum atomic E-state index is -0.0609. The molecule has 9 heteroatoms. The molecule has 0 aliphatic carbocycles. The monoisotopic (exact) mass is 444 g/mol. The number of ketones is 1. The van der Waals surface area contributed by atoms with Crippen molar-refractivity contribution in [2.45, 2.75) is 33.2 Å². The Hall–Kier alpha value is -2.91. The van der Waals surface area contributed by atoms with Gasteiger partial charge in [0.2, 0.25) is 6.41 Å². The Kier molecular flexibility index (Phi) is 9.48. The third kappa shape index (κ3) is 7.08. The van der Waals surface area contributed by atoms with Gasteiger partial charge in [-0.25, -0.2) is 9.97 Å². The smallest absolute Gasteiger partial charge is 0.214 e. The van der Waals surface area contributed by atoms with Crippen LogP contribution >= 0.6 is 11.8 Å². The molecule has 1 aromatic heterocycles. The number of carbonyl (C=O) groups excluding carboxylic acids is 2. The number of amides is 1. The molecule has 0 aliphatic heterocycles. The Balaban J connectivity index is 2.06. The molecule has 0 unspecified atom stereocenters. The Morgan fingerprint density at radius 3 is 2.58 bits per heavy atom. The van der Waals surface area contributed by atoms with E-state index in [4.69, 9.17) is 10.5 Å². The minimum Gasteiger partial charge on any atom is -0.497 e. The highest BCUT2D eigenvalue weighted by Gasteiger charge is 2.15. The van der Waals surface area contributed by atoms with Crippen molar-refractivity contribution >= 4 is 29.8 Å². The van der Waals surface area contributed by atoms with Crippen molar-refractivity contribution in [2.24, 2.45) is 0 Å². The molecule has 0 bridgehead atoms. The van der Waals surface area contributed by atoms with Gasteiger partial charge in [-0.2, -0.15) is 0 Å². The van der Waals surface area contributed by atoms with Crippen molar-refractivity contribution < 1.29 is 19.4 Å². The summed E-state index contributed by atoms with van der Waals surface area (Å²) in [7, 11) is 1.58. The van der Waals surface area contributed by atoms with E-state index in [0.29, 0.717) is 52.8 Å². The van der Waals surface area contributed by atoms with Crippen molar-refractivity contribution in [1.82, 2.24) is 14.9 Å². The molecule has 2 aromatic rings. The number of Topliss-reactive ketones (excluding diaryl/α,β-unsaturated/α-hetero) is 1. The summed E-state index contributed by atoms with van der Waals surface area (Å²) in [6, 6.07) is 6.99. The summed E-state index contributed by atoms with van der Waals surface area (Å²) in [4.78, 5) is 34.8. The fourth-order valence-electron chi connectivity index (χ4n) is 2.86. The van der Waals surface area contributed by atoms with E-state index in [9.17, 15) is 14.7 Å². The Labute approximate surface area is 186 Å². The summed E-state index contributed by atoms with van der Waals surface area (Å²) in [6.45, 7) is 3.71. The van der Waals surface area contributed by atoms with Crippen LogP contribution in [0.2, 0.25) is 0 Å². The van der Waals surface area contributed by atoms with Crippen LogP contribution in [0.3, 0.4) is 0 Å². The maximum Gasteiger partial charge on any atom is 0.214 e. The van der Waals surface area contributed by atoms with E-state index in [1.165, 1.54) is 16.7 Å². The first-order valence-electron chi connectivity index (χ1n) is 9.80. The van der Waals surface area contributed by atoms with Gasteiger partial charge in [-0.3, -0.25) is 9.59 Å². The number of aliphatic hydroxyl groups is 1. The molecule has 3 N–H and O–H groups in total. The number of rotatable bonds is 12. The number of hydrogen-bond donors (Lipinski definition) is 2. The lowest BCUT2D eigenvalue weighted by atomic mass is 10.1. The lowest BCUT2D eigenvalue weighted by Gasteiger charge is -2.22. The van der Waals surface area contributed by atoms with Gasteiger partial charge in [-0.1, -0.05) is 0 Å². The summed E-state index contributed by atoms with van der Waals surface area (Å²) in [6.07, 6.45) is 3.04. The number of thioether (sulfide) groups is 1. The molecule has 0 saturated heterocycles. The van der Waals surface area contributed by atoms with Crippen LogP contribution < -0.4 is 10.5 Å². The van der Waals surface area contributed by atoms with E-state index in [-0.39, 0.29) is 18.9 Å². The first-order chi connectivity index (χ1) is 14.9. The number of anilines is 1. The quantitative estimate of drug-likeness (QED) is 0.379. The Morgan fingerprint density at radius 2 is 2.00 bits per heavy atom. The van der Waals surface area contributed by atoms with Gasteiger partial charge in [0.15, 0.2) is 5.78 Å². The molecule has 0 atom stereocenters. The predicted molar refractivity (Wildman–Crippen MR) is 122 cm³/mol. The first-order valence-corrected chi connectivity index (χ1v) is 10.8. The third-order valence-electron chi connectivity index (χ3n) is 4.68. The van der Waals surface area contributed by atoms with Gasteiger partial charge in [0.05, 0.1) is 13.7 Å². The molecule has 31 heavy (non-hydrogen) atoms. The summed E-state index contributed by atoms with van der Waals surface area (Å²) in [5.41, 5.74) is 7.91. The van der Waals surface area contributed by atoms with Gasteiger partial charge in [0.1, 0.15) is 17.4 Å². The zero-order chi connectivity index (χ0) is 22.8. The van der Waals surface area contributed by atoms with Crippen LogP contribution in [-0.2, 0) is 11.3 Å². The van der Waals surface area contributed by atoms with Crippen molar-refractivity contribution in [1.29, 1.82) is 0 Å². The van der Waals surface area contributed by atoms with Crippen LogP contribution in [0.15, 0.2) is 41.1 Å². The van der Waals surface area contributed by atoms with Gasteiger partial charge >= 0.3 is 0 Å². The lowest BCUT2D eigenvalue weighted by molar-refractivity contribution is -0.116. The number of aliphatic hydroxyl groups excluding tert-OH is 1. The number of methoxy groups -OCH3 is 1. The van der Waals surface area contributed by atoms with Gasteiger partial charge in [0, 0.05) is 53.1 Å². The Bertz CT molecular complexity index is 932. The number of hydrogen-bond acceptors (Lipinski definition) is 8. The molecular weight excluding hydrogens is 416 g/mol. The summed E-state index contributed by atoms with van der Waals surface area (Å²) >= 11 is 1.46. The average molecular weight is 445 g/mol. The van der Waals surface area contributed by atoms with Gasteiger partial charge in [-0.05, 0) is 38.1 Å². The normalized spacial score (nSPS) is 11.6. The molecule has 2 rings (SSSR count). The highest BCUT2D eigenvalue weighted by Crippen LogP contribution is 2.27. The maximum absolute atomic E-state index is 12.4.